The predicted octanol–water partition coefficient (Wildman–Crippen LogP) is 0.609. The Morgan fingerprint density at radius 1 is 1.39 bits per heavy atom. The van der Waals surface area contributed by atoms with E-state index in [4.69, 9.17) is 5.73 Å². The van der Waals surface area contributed by atoms with Gasteiger partial charge in [-0.2, -0.15) is 0 Å². The molecule has 2 aromatic rings. The van der Waals surface area contributed by atoms with Crippen LogP contribution in [-0.2, 0) is 6.54 Å². The van der Waals surface area contributed by atoms with E-state index in [0.717, 1.165) is 51.3 Å². The van der Waals surface area contributed by atoms with Crippen LogP contribution in [0.1, 0.15) is 41.7 Å². The highest BCUT2D eigenvalue weighted by Gasteiger charge is 2.22. The quantitative estimate of drug-likeness (QED) is 0.842. The lowest BCUT2D eigenvalue weighted by Gasteiger charge is -2.32. The van der Waals surface area contributed by atoms with Gasteiger partial charge < -0.3 is 15.2 Å². The third-order valence-electron chi connectivity index (χ3n) is 4.38. The lowest BCUT2D eigenvalue weighted by molar-refractivity contribution is 0.0989. The van der Waals surface area contributed by atoms with E-state index in [-0.39, 0.29) is 11.9 Å². The summed E-state index contributed by atoms with van der Waals surface area (Å²) in [5.41, 5.74) is 5.21. The zero-order valence-corrected chi connectivity index (χ0v) is 13.4. The van der Waals surface area contributed by atoms with Gasteiger partial charge in [0.05, 0.1) is 6.04 Å². The number of imidazole rings is 1. The molecule has 3 rings (SSSR count). The summed E-state index contributed by atoms with van der Waals surface area (Å²) in [7, 11) is 0. The molecule has 2 N–H and O–H groups in total. The van der Waals surface area contributed by atoms with Gasteiger partial charge in [-0.25, -0.2) is 14.6 Å². The molecule has 8 heteroatoms. The number of primary amides is 1. The minimum absolute atomic E-state index is 0.0951. The first-order chi connectivity index (χ1) is 11.1. The normalized spacial score (nSPS) is 19.1. The molecule has 1 saturated heterocycles. The average molecular weight is 317 g/mol. The number of hydrogen-bond acceptors (Lipinski definition) is 5. The van der Waals surface area contributed by atoms with Crippen molar-refractivity contribution in [1.29, 1.82) is 0 Å². The smallest absolute Gasteiger partial charge is 0.288 e. The number of carbonyl (C=O) groups excluding carboxylic acids is 1. The highest BCUT2D eigenvalue weighted by atomic mass is 16.1. The monoisotopic (exact) mass is 317 g/mol. The van der Waals surface area contributed by atoms with Crippen molar-refractivity contribution in [2.75, 3.05) is 19.6 Å². The number of nitrogens with zero attached hydrogens (tertiary/aromatic N) is 6. The predicted molar refractivity (Wildman–Crippen MR) is 84.8 cm³/mol. The van der Waals surface area contributed by atoms with Crippen LogP contribution < -0.4 is 5.73 Å². The van der Waals surface area contributed by atoms with E-state index < -0.39 is 5.91 Å². The van der Waals surface area contributed by atoms with Gasteiger partial charge in [-0.1, -0.05) is 0 Å². The molecule has 124 valence electrons. The van der Waals surface area contributed by atoms with Crippen molar-refractivity contribution >= 4 is 5.91 Å². The number of rotatable bonds is 6. The van der Waals surface area contributed by atoms with Gasteiger partial charge in [-0.15, -0.1) is 5.10 Å². The van der Waals surface area contributed by atoms with Crippen molar-refractivity contribution in [3.63, 3.8) is 0 Å². The molecule has 0 radical (unpaired) electrons. The summed E-state index contributed by atoms with van der Waals surface area (Å²) < 4.78 is 3.96. The van der Waals surface area contributed by atoms with Crippen LogP contribution >= 0.6 is 0 Å². The molecule has 8 nitrogen and oxygen atoms in total. The van der Waals surface area contributed by atoms with Gasteiger partial charge in [0.2, 0.25) is 5.82 Å². The Morgan fingerprint density at radius 3 is 2.96 bits per heavy atom. The third kappa shape index (κ3) is 3.76. The molecular weight excluding hydrogens is 294 g/mol. The number of hydrogen-bond donors (Lipinski definition) is 1. The van der Waals surface area contributed by atoms with Crippen molar-refractivity contribution in [2.45, 2.75) is 38.8 Å². The van der Waals surface area contributed by atoms with Crippen LogP contribution in [0.15, 0.2) is 18.7 Å². The SMILES string of the molecule is Cc1nccn1CCCN1CCC[C@@H](n2cnc(C(N)=O)n2)C1. The molecule has 0 aromatic carbocycles. The van der Waals surface area contributed by atoms with Crippen LogP contribution in [-0.4, -0.2) is 54.8 Å². The second kappa shape index (κ2) is 6.91. The Kier molecular flexibility index (Phi) is 4.71. The number of carbonyl (C=O) groups is 1. The summed E-state index contributed by atoms with van der Waals surface area (Å²) in [6, 6.07) is 0.263. The molecule has 1 fully saturated rings. The minimum Gasteiger partial charge on any atom is -0.363 e. The van der Waals surface area contributed by atoms with Crippen LogP contribution in [0.3, 0.4) is 0 Å². The Balaban J connectivity index is 1.51. The molecule has 1 aliphatic rings. The van der Waals surface area contributed by atoms with Crippen molar-refractivity contribution in [3.8, 4) is 0 Å². The highest BCUT2D eigenvalue weighted by molar-refractivity contribution is 5.88. The Labute approximate surface area is 135 Å². The first kappa shape index (κ1) is 15.7. The maximum Gasteiger partial charge on any atom is 0.288 e. The topological polar surface area (TPSA) is 94.9 Å². The van der Waals surface area contributed by atoms with E-state index in [1.54, 1.807) is 11.0 Å². The van der Waals surface area contributed by atoms with Gasteiger partial charge in [-0.3, -0.25) is 4.79 Å². The Bertz CT molecular complexity index is 662. The second-order valence-corrected chi connectivity index (χ2v) is 6.03. The summed E-state index contributed by atoms with van der Waals surface area (Å²) in [6.45, 7) is 6.10. The molecule has 0 spiro atoms. The van der Waals surface area contributed by atoms with E-state index in [1.807, 2.05) is 19.3 Å². The number of aromatic nitrogens is 5. The molecule has 0 unspecified atom stereocenters. The number of nitrogens with two attached hydrogens (primary N) is 1. The van der Waals surface area contributed by atoms with E-state index in [9.17, 15) is 4.79 Å². The minimum atomic E-state index is -0.577. The van der Waals surface area contributed by atoms with Crippen molar-refractivity contribution in [1.82, 2.24) is 29.2 Å². The lowest BCUT2D eigenvalue weighted by Crippen LogP contribution is -2.37. The Hall–Kier alpha value is -2.22. The fourth-order valence-corrected chi connectivity index (χ4v) is 3.12. The summed E-state index contributed by atoms with van der Waals surface area (Å²) in [5, 5.41) is 4.19. The molecule has 1 atom stereocenters. The molecule has 0 saturated carbocycles. The summed E-state index contributed by atoms with van der Waals surface area (Å²) in [4.78, 5) is 21.8. The first-order valence-electron chi connectivity index (χ1n) is 8.04. The van der Waals surface area contributed by atoms with Gasteiger partial charge in [0.1, 0.15) is 12.2 Å². The number of aryl methyl sites for hydroxylation is 2. The summed E-state index contributed by atoms with van der Waals surface area (Å²) >= 11 is 0. The van der Waals surface area contributed by atoms with Crippen LogP contribution in [0.4, 0.5) is 0 Å². The van der Waals surface area contributed by atoms with Crippen LogP contribution in [0.2, 0.25) is 0 Å². The number of amides is 1. The third-order valence-corrected chi connectivity index (χ3v) is 4.38. The summed E-state index contributed by atoms with van der Waals surface area (Å²) in [5.74, 6) is 0.577. The molecule has 1 aliphatic heterocycles. The van der Waals surface area contributed by atoms with E-state index in [0.29, 0.717) is 0 Å². The van der Waals surface area contributed by atoms with Crippen LogP contribution in [0, 0.1) is 6.92 Å². The maximum atomic E-state index is 11.1. The zero-order valence-electron chi connectivity index (χ0n) is 13.4. The summed E-state index contributed by atoms with van der Waals surface area (Å²) in [6.07, 6.45) is 8.75. The van der Waals surface area contributed by atoms with Crippen LogP contribution in [0.5, 0.6) is 0 Å². The fourth-order valence-electron chi connectivity index (χ4n) is 3.12. The van der Waals surface area contributed by atoms with Gasteiger partial charge >= 0.3 is 0 Å². The maximum absolute atomic E-state index is 11.1. The molecular formula is C15H23N7O. The van der Waals surface area contributed by atoms with Crippen molar-refractivity contribution in [2.24, 2.45) is 5.73 Å². The molecule has 2 aromatic heterocycles. The molecule has 1 amide bonds. The largest absolute Gasteiger partial charge is 0.363 e. The number of likely N-dealkylation sites (tertiary alicyclic amines) is 1. The highest BCUT2D eigenvalue weighted by Crippen LogP contribution is 2.20. The van der Waals surface area contributed by atoms with Crippen molar-refractivity contribution in [3.05, 3.63) is 30.4 Å². The molecule has 3 heterocycles. The Morgan fingerprint density at radius 2 is 2.26 bits per heavy atom. The van der Waals surface area contributed by atoms with Gasteiger partial charge in [0.25, 0.3) is 5.91 Å². The van der Waals surface area contributed by atoms with Gasteiger partial charge in [0, 0.05) is 25.5 Å². The first-order valence-corrected chi connectivity index (χ1v) is 8.04. The molecule has 23 heavy (non-hydrogen) atoms. The second-order valence-electron chi connectivity index (χ2n) is 6.03. The standard InChI is InChI=1S/C15H23N7O/c1-12-17-5-9-21(12)8-3-7-20-6-2-4-13(10-20)22-11-18-15(19-22)14(16)23/h5,9,11,13H,2-4,6-8,10H2,1H3,(H2,16,23)/t13-/m1/s1. The van der Waals surface area contributed by atoms with Crippen molar-refractivity contribution < 1.29 is 4.79 Å². The van der Waals surface area contributed by atoms with Gasteiger partial charge in [0.15, 0.2) is 0 Å². The lowest BCUT2D eigenvalue weighted by atomic mass is 10.1. The van der Waals surface area contributed by atoms with E-state index >= 15 is 0 Å². The zero-order chi connectivity index (χ0) is 16.2. The van der Waals surface area contributed by atoms with E-state index in [1.165, 1.54) is 0 Å². The average Bonchev–Trinajstić information content (AvgIpc) is 3.17. The molecule has 0 aliphatic carbocycles. The number of piperidine rings is 1. The molecule has 0 bridgehead atoms. The van der Waals surface area contributed by atoms with Gasteiger partial charge in [-0.05, 0) is 39.3 Å². The fraction of sp³-hybridized carbons (Fsp3) is 0.600. The van der Waals surface area contributed by atoms with E-state index in [2.05, 4.69) is 24.5 Å². The van der Waals surface area contributed by atoms with Crippen LogP contribution in [0.25, 0.3) is 0 Å².